The second kappa shape index (κ2) is 6.04. The number of hydrogen-bond acceptors (Lipinski definition) is 4. The van der Waals surface area contributed by atoms with Gasteiger partial charge in [0.25, 0.3) is 5.78 Å². The molecule has 0 rings (SSSR count). The average molecular weight is 238 g/mol. The van der Waals surface area contributed by atoms with Gasteiger partial charge in [0, 0.05) is 0 Å². The maximum absolute atomic E-state index is 11.7. The summed E-state index contributed by atoms with van der Waals surface area (Å²) in [6.07, 6.45) is -4.23. The molecule has 0 heterocycles. The number of rotatable bonds is 5. The molecule has 1 unspecified atom stereocenters. The van der Waals surface area contributed by atoms with Crippen LogP contribution >= 0.6 is 0 Å². The number of hydrogen-bond donors (Lipinski definition) is 0. The summed E-state index contributed by atoms with van der Waals surface area (Å²) in [6, 6.07) is 0. The van der Waals surface area contributed by atoms with Gasteiger partial charge in [-0.15, -0.1) is 0 Å². The quantitative estimate of drug-likeness (QED) is 0.311. The predicted molar refractivity (Wildman–Crippen MR) is 46.4 cm³/mol. The van der Waals surface area contributed by atoms with Crippen LogP contribution in [0.2, 0.25) is 0 Å². The standard InChI is InChI=1S/C9H9F3O4/c1-2-16-8(15)6(5-13)3-4-7(14)9(10,11)12/h3-6H,2H2,1H3/b4-3+. The Kier molecular flexibility index (Phi) is 5.41. The lowest BCUT2D eigenvalue weighted by molar-refractivity contribution is -0.165. The smallest absolute Gasteiger partial charge is 0.454 e. The first-order valence-electron chi connectivity index (χ1n) is 4.24. The summed E-state index contributed by atoms with van der Waals surface area (Å²) in [5, 5.41) is 0. The molecule has 0 N–H and O–H groups in total. The molecule has 0 saturated carbocycles. The van der Waals surface area contributed by atoms with Crippen LogP contribution in [0, 0.1) is 5.92 Å². The molecule has 0 radical (unpaired) electrons. The fourth-order valence-corrected chi connectivity index (χ4v) is 0.704. The molecule has 0 aliphatic rings. The van der Waals surface area contributed by atoms with E-state index >= 15 is 0 Å². The number of carbonyl (C=O) groups excluding carboxylic acids is 3. The molecule has 90 valence electrons. The maximum atomic E-state index is 11.7. The van der Waals surface area contributed by atoms with Gasteiger partial charge in [-0.1, -0.05) is 6.08 Å². The Morgan fingerprint density at radius 2 is 1.94 bits per heavy atom. The number of carbonyl (C=O) groups is 3. The van der Waals surface area contributed by atoms with Crippen LogP contribution in [0.5, 0.6) is 0 Å². The first-order chi connectivity index (χ1) is 7.32. The highest BCUT2D eigenvalue weighted by atomic mass is 19.4. The van der Waals surface area contributed by atoms with E-state index in [9.17, 15) is 27.6 Å². The number of ketones is 1. The number of allylic oxidation sites excluding steroid dienone is 1. The lowest BCUT2D eigenvalue weighted by Gasteiger charge is -2.04. The third-order valence-electron chi connectivity index (χ3n) is 1.44. The Balaban J connectivity index is 4.55. The average Bonchev–Trinajstić information content (AvgIpc) is 2.17. The highest BCUT2D eigenvalue weighted by Gasteiger charge is 2.36. The summed E-state index contributed by atoms with van der Waals surface area (Å²) in [4.78, 5) is 31.7. The van der Waals surface area contributed by atoms with E-state index in [1.165, 1.54) is 6.92 Å². The van der Waals surface area contributed by atoms with Gasteiger partial charge >= 0.3 is 12.1 Å². The third-order valence-corrected chi connectivity index (χ3v) is 1.44. The highest BCUT2D eigenvalue weighted by Crippen LogP contribution is 2.16. The fourth-order valence-electron chi connectivity index (χ4n) is 0.704. The summed E-state index contributed by atoms with van der Waals surface area (Å²) in [5.74, 6) is -4.63. The summed E-state index contributed by atoms with van der Waals surface area (Å²) in [6.45, 7) is 1.47. The minimum Gasteiger partial charge on any atom is -0.465 e. The zero-order chi connectivity index (χ0) is 12.8. The lowest BCUT2D eigenvalue weighted by Crippen LogP contribution is -2.22. The summed E-state index contributed by atoms with van der Waals surface area (Å²) in [5.41, 5.74) is 0. The maximum Gasteiger partial charge on any atom is 0.454 e. The largest absolute Gasteiger partial charge is 0.465 e. The predicted octanol–water partition coefficient (Wildman–Crippen LogP) is 1.05. The second-order valence-corrected chi connectivity index (χ2v) is 2.64. The minimum absolute atomic E-state index is 0.00969. The van der Waals surface area contributed by atoms with Crippen molar-refractivity contribution in [3.8, 4) is 0 Å². The van der Waals surface area contributed by atoms with Crippen LogP contribution in [0.3, 0.4) is 0 Å². The Hall–Kier alpha value is -1.66. The van der Waals surface area contributed by atoms with Gasteiger partial charge in [0.2, 0.25) is 0 Å². The first-order valence-corrected chi connectivity index (χ1v) is 4.24. The van der Waals surface area contributed by atoms with E-state index in [2.05, 4.69) is 4.74 Å². The Labute approximate surface area is 89.1 Å². The van der Waals surface area contributed by atoms with E-state index in [0.717, 1.165) is 0 Å². The fraction of sp³-hybridized carbons (Fsp3) is 0.444. The van der Waals surface area contributed by atoms with E-state index < -0.39 is 23.8 Å². The monoisotopic (exact) mass is 238 g/mol. The van der Waals surface area contributed by atoms with Gasteiger partial charge in [0.15, 0.2) is 0 Å². The molecule has 0 spiro atoms. The molecule has 0 aliphatic carbocycles. The number of ether oxygens (including phenoxy) is 1. The van der Waals surface area contributed by atoms with E-state index in [1.807, 2.05) is 0 Å². The SMILES string of the molecule is CCOC(=O)C(C=O)/C=C/C(=O)C(F)(F)F. The van der Waals surface area contributed by atoms with Crippen molar-refractivity contribution in [1.29, 1.82) is 0 Å². The Bertz CT molecular complexity index is 306. The van der Waals surface area contributed by atoms with Gasteiger partial charge in [0.05, 0.1) is 6.61 Å². The van der Waals surface area contributed by atoms with Gasteiger partial charge in [-0.2, -0.15) is 13.2 Å². The van der Waals surface area contributed by atoms with Crippen LogP contribution in [-0.2, 0) is 19.1 Å². The minimum atomic E-state index is -5.02. The molecule has 7 heteroatoms. The highest BCUT2D eigenvalue weighted by molar-refractivity contribution is 5.97. The summed E-state index contributed by atoms with van der Waals surface area (Å²) in [7, 11) is 0. The molecule has 16 heavy (non-hydrogen) atoms. The molecule has 0 amide bonds. The molecule has 0 aromatic carbocycles. The molecule has 0 aliphatic heterocycles. The van der Waals surface area contributed by atoms with Crippen molar-refractivity contribution in [1.82, 2.24) is 0 Å². The van der Waals surface area contributed by atoms with Crippen molar-refractivity contribution in [2.45, 2.75) is 13.1 Å². The van der Waals surface area contributed by atoms with E-state index in [1.54, 1.807) is 0 Å². The summed E-state index contributed by atoms with van der Waals surface area (Å²) < 4.78 is 39.6. The molecule has 1 atom stereocenters. The Morgan fingerprint density at radius 3 is 2.31 bits per heavy atom. The molecule has 0 aromatic rings. The van der Waals surface area contributed by atoms with E-state index in [4.69, 9.17) is 0 Å². The summed E-state index contributed by atoms with van der Waals surface area (Å²) >= 11 is 0. The molecular formula is C9H9F3O4. The van der Waals surface area contributed by atoms with Crippen LogP contribution in [-0.4, -0.2) is 30.8 Å². The van der Waals surface area contributed by atoms with Crippen molar-refractivity contribution >= 4 is 18.0 Å². The van der Waals surface area contributed by atoms with E-state index in [0.29, 0.717) is 6.08 Å². The van der Waals surface area contributed by atoms with Crippen molar-refractivity contribution in [3.05, 3.63) is 12.2 Å². The lowest BCUT2D eigenvalue weighted by atomic mass is 10.1. The molecule has 0 bridgehead atoms. The zero-order valence-electron chi connectivity index (χ0n) is 8.28. The van der Waals surface area contributed by atoms with Crippen LogP contribution in [0.4, 0.5) is 13.2 Å². The molecular weight excluding hydrogens is 229 g/mol. The van der Waals surface area contributed by atoms with Gasteiger partial charge < -0.3 is 9.53 Å². The van der Waals surface area contributed by atoms with Crippen LogP contribution < -0.4 is 0 Å². The van der Waals surface area contributed by atoms with Gasteiger partial charge in [-0.05, 0) is 13.0 Å². The number of halogens is 3. The topological polar surface area (TPSA) is 60.4 Å². The number of alkyl halides is 3. The molecule has 0 saturated heterocycles. The van der Waals surface area contributed by atoms with E-state index in [-0.39, 0.29) is 19.0 Å². The number of esters is 1. The van der Waals surface area contributed by atoms with Crippen molar-refractivity contribution < 1.29 is 32.3 Å². The zero-order valence-corrected chi connectivity index (χ0v) is 8.28. The number of aldehydes is 1. The van der Waals surface area contributed by atoms with Gasteiger partial charge in [-0.25, -0.2) is 0 Å². The Morgan fingerprint density at radius 1 is 1.38 bits per heavy atom. The van der Waals surface area contributed by atoms with Crippen molar-refractivity contribution in [2.75, 3.05) is 6.61 Å². The molecule has 0 fully saturated rings. The van der Waals surface area contributed by atoms with Crippen molar-refractivity contribution in [2.24, 2.45) is 5.92 Å². The second-order valence-electron chi connectivity index (χ2n) is 2.64. The van der Waals surface area contributed by atoms with Crippen LogP contribution in [0.1, 0.15) is 6.92 Å². The van der Waals surface area contributed by atoms with Gasteiger partial charge in [-0.3, -0.25) is 9.59 Å². The molecule has 0 aromatic heterocycles. The molecule has 4 nitrogen and oxygen atoms in total. The van der Waals surface area contributed by atoms with Crippen LogP contribution in [0.15, 0.2) is 12.2 Å². The van der Waals surface area contributed by atoms with Crippen LogP contribution in [0.25, 0.3) is 0 Å². The normalized spacial score (nSPS) is 13.5. The van der Waals surface area contributed by atoms with Crippen molar-refractivity contribution in [3.63, 3.8) is 0 Å². The first kappa shape index (κ1) is 14.3. The third kappa shape index (κ3) is 4.72. The van der Waals surface area contributed by atoms with Gasteiger partial charge in [0.1, 0.15) is 12.2 Å².